The number of ether oxygens (including phenoxy) is 2. The van der Waals surface area contributed by atoms with Crippen molar-refractivity contribution in [3.63, 3.8) is 0 Å². The fourth-order valence-corrected chi connectivity index (χ4v) is 5.17. The minimum Gasteiger partial charge on any atom is -0.497 e. The van der Waals surface area contributed by atoms with E-state index in [-0.39, 0.29) is 22.5 Å². The van der Waals surface area contributed by atoms with Crippen molar-refractivity contribution in [2.45, 2.75) is 30.2 Å². The smallest absolute Gasteiger partial charge is 0.247 e. The third kappa shape index (κ3) is 3.68. The first-order chi connectivity index (χ1) is 12.5. The second-order valence-corrected chi connectivity index (χ2v) is 8.12. The lowest BCUT2D eigenvalue weighted by Crippen LogP contribution is -2.37. The highest BCUT2D eigenvalue weighted by atomic mass is 32.2. The van der Waals surface area contributed by atoms with Crippen LogP contribution in [0.3, 0.4) is 0 Å². The summed E-state index contributed by atoms with van der Waals surface area (Å²) in [7, 11) is -0.751. The molecule has 0 aromatic heterocycles. The Morgan fingerprint density at radius 2 is 1.85 bits per heavy atom. The number of methoxy groups -OCH3 is 2. The summed E-state index contributed by atoms with van der Waals surface area (Å²) in [5.41, 5.74) is 0.917. The minimum atomic E-state index is -3.71. The van der Waals surface area contributed by atoms with Gasteiger partial charge in [0, 0.05) is 18.7 Å². The highest BCUT2D eigenvalue weighted by molar-refractivity contribution is 7.89. The zero-order valence-electron chi connectivity index (χ0n) is 14.8. The Labute approximate surface area is 153 Å². The molecule has 2 aromatic rings. The molecular formula is C19H22FNO4S. The van der Waals surface area contributed by atoms with Crippen molar-refractivity contribution >= 4 is 10.0 Å². The average molecular weight is 379 g/mol. The third-order valence-electron chi connectivity index (χ3n) is 4.67. The molecule has 1 aliphatic heterocycles. The van der Waals surface area contributed by atoms with Crippen LogP contribution in [-0.2, 0) is 16.4 Å². The lowest BCUT2D eigenvalue weighted by atomic mass is 10.0. The number of benzene rings is 2. The van der Waals surface area contributed by atoms with Gasteiger partial charge >= 0.3 is 0 Å². The molecule has 5 nitrogen and oxygen atoms in total. The van der Waals surface area contributed by atoms with Gasteiger partial charge < -0.3 is 9.47 Å². The van der Waals surface area contributed by atoms with Gasteiger partial charge in [-0.05, 0) is 49.1 Å². The van der Waals surface area contributed by atoms with Crippen LogP contribution in [0.1, 0.15) is 18.4 Å². The Morgan fingerprint density at radius 1 is 1.12 bits per heavy atom. The fourth-order valence-electron chi connectivity index (χ4n) is 3.34. The predicted molar refractivity (Wildman–Crippen MR) is 96.6 cm³/mol. The summed E-state index contributed by atoms with van der Waals surface area (Å²) in [6, 6.07) is 10.7. The van der Waals surface area contributed by atoms with E-state index >= 15 is 0 Å². The largest absolute Gasteiger partial charge is 0.497 e. The predicted octanol–water partition coefficient (Wildman–Crippen LogP) is 3.24. The second-order valence-electron chi connectivity index (χ2n) is 6.26. The molecule has 7 heteroatoms. The second kappa shape index (κ2) is 7.63. The van der Waals surface area contributed by atoms with Gasteiger partial charge in [0.2, 0.25) is 10.0 Å². The molecule has 0 saturated carbocycles. The highest BCUT2D eigenvalue weighted by Crippen LogP contribution is 2.34. The van der Waals surface area contributed by atoms with E-state index in [0.29, 0.717) is 18.7 Å². The molecule has 0 radical (unpaired) electrons. The van der Waals surface area contributed by atoms with Crippen LogP contribution in [0.2, 0.25) is 0 Å². The molecule has 0 spiro atoms. The number of halogens is 1. The molecule has 0 N–H and O–H groups in total. The van der Waals surface area contributed by atoms with E-state index in [1.165, 1.54) is 36.7 Å². The highest BCUT2D eigenvalue weighted by Gasteiger charge is 2.36. The van der Waals surface area contributed by atoms with Crippen molar-refractivity contribution in [2.24, 2.45) is 0 Å². The summed E-state index contributed by atoms with van der Waals surface area (Å²) in [4.78, 5) is 0.131. The monoisotopic (exact) mass is 379 g/mol. The quantitative estimate of drug-likeness (QED) is 0.773. The van der Waals surface area contributed by atoms with E-state index in [0.717, 1.165) is 18.4 Å². The van der Waals surface area contributed by atoms with Gasteiger partial charge in [0.25, 0.3) is 0 Å². The molecule has 26 heavy (non-hydrogen) atoms. The van der Waals surface area contributed by atoms with Gasteiger partial charge in [-0.15, -0.1) is 0 Å². The number of sulfonamides is 1. The molecule has 0 aliphatic carbocycles. The van der Waals surface area contributed by atoms with Crippen molar-refractivity contribution in [2.75, 3.05) is 20.8 Å². The summed E-state index contributed by atoms with van der Waals surface area (Å²) >= 11 is 0. The number of hydrogen-bond acceptors (Lipinski definition) is 4. The zero-order chi connectivity index (χ0) is 18.7. The normalized spacial score (nSPS) is 18.0. The van der Waals surface area contributed by atoms with Crippen molar-refractivity contribution < 1.29 is 22.3 Å². The Morgan fingerprint density at radius 3 is 2.50 bits per heavy atom. The first kappa shape index (κ1) is 18.7. The molecule has 1 aliphatic rings. The first-order valence-corrected chi connectivity index (χ1v) is 9.88. The van der Waals surface area contributed by atoms with E-state index in [2.05, 4.69) is 0 Å². The third-order valence-corrected chi connectivity index (χ3v) is 6.66. The molecule has 0 bridgehead atoms. The number of nitrogens with zero attached hydrogens (tertiary/aromatic N) is 1. The molecule has 1 heterocycles. The van der Waals surface area contributed by atoms with Crippen molar-refractivity contribution in [3.8, 4) is 11.5 Å². The molecular weight excluding hydrogens is 357 g/mol. The lowest BCUT2D eigenvalue weighted by Gasteiger charge is -2.25. The molecule has 0 amide bonds. The molecule has 2 aromatic carbocycles. The van der Waals surface area contributed by atoms with Crippen molar-refractivity contribution in [1.82, 2.24) is 4.31 Å². The molecule has 1 atom stereocenters. The van der Waals surface area contributed by atoms with Crippen LogP contribution < -0.4 is 9.47 Å². The molecule has 3 rings (SSSR count). The summed E-state index contributed by atoms with van der Waals surface area (Å²) in [6.45, 7) is 0.462. The van der Waals surface area contributed by atoms with Gasteiger partial charge in [-0.2, -0.15) is 4.31 Å². The lowest BCUT2D eigenvalue weighted by molar-refractivity contribution is 0.370. The van der Waals surface area contributed by atoms with Crippen LogP contribution in [0, 0.1) is 5.82 Å². The first-order valence-electron chi connectivity index (χ1n) is 8.44. The van der Waals surface area contributed by atoms with Gasteiger partial charge in [0.1, 0.15) is 22.2 Å². The maximum atomic E-state index is 13.2. The van der Waals surface area contributed by atoms with Crippen LogP contribution >= 0.6 is 0 Å². The van der Waals surface area contributed by atoms with Crippen LogP contribution in [0.4, 0.5) is 4.39 Å². The van der Waals surface area contributed by atoms with Crippen molar-refractivity contribution in [3.05, 3.63) is 53.8 Å². The van der Waals surface area contributed by atoms with Crippen LogP contribution in [-0.4, -0.2) is 39.5 Å². The average Bonchev–Trinajstić information content (AvgIpc) is 3.12. The molecule has 1 unspecified atom stereocenters. The standard InChI is InChI=1S/C19H22FNO4S/c1-24-17-9-10-19(18(13-17)25-2)26(22,23)21-11-3-4-16(21)12-14-5-7-15(20)8-6-14/h5-10,13,16H,3-4,11-12H2,1-2H3. The summed E-state index contributed by atoms with van der Waals surface area (Å²) in [5, 5.41) is 0. The SMILES string of the molecule is COc1ccc(S(=O)(=O)N2CCCC2Cc2ccc(F)cc2)c(OC)c1. The molecule has 140 valence electrons. The Kier molecular flexibility index (Phi) is 5.48. The van der Waals surface area contributed by atoms with Gasteiger partial charge in [-0.25, -0.2) is 12.8 Å². The summed E-state index contributed by atoms with van der Waals surface area (Å²) in [5.74, 6) is 0.495. The van der Waals surface area contributed by atoms with Crippen molar-refractivity contribution in [1.29, 1.82) is 0 Å². The maximum Gasteiger partial charge on any atom is 0.247 e. The van der Waals surface area contributed by atoms with Gasteiger partial charge in [0.15, 0.2) is 0 Å². The van der Waals surface area contributed by atoms with E-state index in [4.69, 9.17) is 9.47 Å². The van der Waals surface area contributed by atoms with E-state index in [1.807, 2.05) is 0 Å². The van der Waals surface area contributed by atoms with Gasteiger partial charge in [0.05, 0.1) is 14.2 Å². The Balaban J connectivity index is 1.89. The van der Waals surface area contributed by atoms with Crippen LogP contribution in [0.15, 0.2) is 47.4 Å². The topological polar surface area (TPSA) is 55.8 Å². The summed E-state index contributed by atoms with van der Waals surface area (Å²) < 4.78 is 51.5. The Hall–Kier alpha value is -2.12. The summed E-state index contributed by atoms with van der Waals surface area (Å²) in [6.07, 6.45) is 2.12. The molecule has 1 saturated heterocycles. The minimum absolute atomic E-state index is 0.131. The van der Waals surface area contributed by atoms with Crippen LogP contribution in [0.5, 0.6) is 11.5 Å². The van der Waals surface area contributed by atoms with E-state index in [1.54, 1.807) is 24.3 Å². The fraction of sp³-hybridized carbons (Fsp3) is 0.368. The Bertz CT molecular complexity index is 868. The van der Waals surface area contributed by atoms with E-state index < -0.39 is 10.0 Å². The van der Waals surface area contributed by atoms with Gasteiger partial charge in [-0.3, -0.25) is 0 Å². The maximum absolute atomic E-state index is 13.2. The molecule has 1 fully saturated rings. The van der Waals surface area contributed by atoms with Crippen LogP contribution in [0.25, 0.3) is 0 Å². The number of rotatable bonds is 6. The van der Waals surface area contributed by atoms with Gasteiger partial charge in [-0.1, -0.05) is 12.1 Å². The van der Waals surface area contributed by atoms with E-state index in [9.17, 15) is 12.8 Å². The zero-order valence-corrected chi connectivity index (χ0v) is 15.6. The number of hydrogen-bond donors (Lipinski definition) is 0.